The van der Waals surface area contributed by atoms with Gasteiger partial charge in [-0.05, 0) is 49.2 Å². The van der Waals surface area contributed by atoms with E-state index in [4.69, 9.17) is 4.74 Å². The molecule has 0 radical (unpaired) electrons. The number of aromatic amines is 1. The molecular formula is C29H26N4O4. The fraction of sp³-hybridized carbons (Fsp3) is 0.138. The normalized spacial score (nSPS) is 15.2. The zero-order valence-electron chi connectivity index (χ0n) is 20.4. The molecule has 8 heteroatoms. The summed E-state index contributed by atoms with van der Waals surface area (Å²) in [4.78, 5) is 28.2. The minimum Gasteiger partial charge on any atom is -0.503 e. The molecule has 2 heterocycles. The third-order valence-corrected chi connectivity index (χ3v) is 6.21. The van der Waals surface area contributed by atoms with E-state index in [0.29, 0.717) is 29.2 Å². The van der Waals surface area contributed by atoms with Gasteiger partial charge in [0.2, 0.25) is 0 Å². The van der Waals surface area contributed by atoms with Gasteiger partial charge in [-0.1, -0.05) is 60.2 Å². The van der Waals surface area contributed by atoms with Gasteiger partial charge in [0, 0.05) is 11.3 Å². The second-order valence-electron chi connectivity index (χ2n) is 8.66. The summed E-state index contributed by atoms with van der Waals surface area (Å²) in [5, 5.41) is 20.8. The first-order chi connectivity index (χ1) is 18.0. The molecule has 2 amide bonds. The number of aryl methyl sites for hydroxylation is 1. The summed E-state index contributed by atoms with van der Waals surface area (Å²) in [7, 11) is 0. The van der Waals surface area contributed by atoms with E-state index in [1.807, 2.05) is 68.4 Å². The van der Waals surface area contributed by atoms with Crippen LogP contribution in [0.3, 0.4) is 0 Å². The molecule has 1 atom stereocenters. The third-order valence-electron chi connectivity index (χ3n) is 6.21. The number of aliphatic hydroxyl groups is 1. The Labute approximate surface area is 214 Å². The molecule has 37 heavy (non-hydrogen) atoms. The molecule has 3 N–H and O–H groups in total. The highest BCUT2D eigenvalue weighted by molar-refractivity contribution is 6.18. The van der Waals surface area contributed by atoms with Gasteiger partial charge in [-0.15, -0.1) is 0 Å². The van der Waals surface area contributed by atoms with Crippen LogP contribution in [0.1, 0.15) is 40.0 Å². The molecule has 0 spiro atoms. The molecule has 1 aliphatic rings. The second-order valence-corrected chi connectivity index (χ2v) is 8.66. The van der Waals surface area contributed by atoms with E-state index in [1.165, 1.54) is 11.1 Å². The standard InChI is InChI=1S/C29H26N4O4/c1-3-37-22-15-13-21(14-16-22)31-28(35)23-17-30-32-27(23)33-25(20-11-9-18(2)10-12-20)24(26(34)29(33)36)19-7-5-4-6-8-19/h4-17,25,34H,3H2,1-2H3,(H,30,32)(H,31,35). The van der Waals surface area contributed by atoms with E-state index in [9.17, 15) is 14.7 Å². The zero-order chi connectivity index (χ0) is 25.9. The number of amides is 2. The summed E-state index contributed by atoms with van der Waals surface area (Å²) in [6.45, 7) is 4.42. The van der Waals surface area contributed by atoms with Crippen LogP contribution >= 0.6 is 0 Å². The predicted molar refractivity (Wildman–Crippen MR) is 142 cm³/mol. The highest BCUT2D eigenvalue weighted by Crippen LogP contribution is 2.45. The summed E-state index contributed by atoms with van der Waals surface area (Å²) in [5.74, 6) is -0.552. The average Bonchev–Trinajstić information content (AvgIpc) is 3.49. The Morgan fingerprint density at radius 1 is 1.05 bits per heavy atom. The second kappa shape index (κ2) is 10.0. The molecule has 0 saturated heterocycles. The topological polar surface area (TPSA) is 108 Å². The summed E-state index contributed by atoms with van der Waals surface area (Å²) in [5.41, 5.74) is 3.75. The van der Waals surface area contributed by atoms with Crippen molar-refractivity contribution < 1.29 is 19.4 Å². The molecule has 1 aromatic heterocycles. The minimum atomic E-state index is -0.673. The molecule has 0 fully saturated rings. The fourth-order valence-electron chi connectivity index (χ4n) is 4.44. The van der Waals surface area contributed by atoms with E-state index >= 15 is 0 Å². The van der Waals surface area contributed by atoms with E-state index < -0.39 is 17.9 Å². The first-order valence-electron chi connectivity index (χ1n) is 11.9. The number of nitrogens with one attached hydrogen (secondary N) is 2. The quantitative estimate of drug-likeness (QED) is 0.318. The molecule has 0 bridgehead atoms. The number of H-pyrrole nitrogens is 1. The van der Waals surface area contributed by atoms with Crippen molar-refractivity contribution in [3.05, 3.63) is 113 Å². The Hall–Kier alpha value is -4.85. The average molecular weight is 495 g/mol. The van der Waals surface area contributed by atoms with Crippen molar-refractivity contribution in [1.29, 1.82) is 0 Å². The van der Waals surface area contributed by atoms with Crippen LogP contribution in [0, 0.1) is 6.92 Å². The lowest BCUT2D eigenvalue weighted by Gasteiger charge is -2.27. The number of hydrogen-bond donors (Lipinski definition) is 3. The Bertz CT molecular complexity index is 1460. The fourth-order valence-corrected chi connectivity index (χ4v) is 4.44. The maximum Gasteiger partial charge on any atom is 0.295 e. The summed E-state index contributed by atoms with van der Waals surface area (Å²) in [6.07, 6.45) is 1.37. The van der Waals surface area contributed by atoms with Gasteiger partial charge in [-0.25, -0.2) is 0 Å². The van der Waals surface area contributed by atoms with Gasteiger partial charge in [0.15, 0.2) is 5.76 Å². The van der Waals surface area contributed by atoms with Crippen LogP contribution in [-0.2, 0) is 4.79 Å². The molecule has 3 aromatic carbocycles. The lowest BCUT2D eigenvalue weighted by molar-refractivity contribution is -0.117. The van der Waals surface area contributed by atoms with Crippen molar-refractivity contribution in [3.8, 4) is 5.75 Å². The highest BCUT2D eigenvalue weighted by atomic mass is 16.5. The maximum atomic E-state index is 13.5. The first kappa shape index (κ1) is 23.9. The van der Waals surface area contributed by atoms with E-state index in [2.05, 4.69) is 15.5 Å². The van der Waals surface area contributed by atoms with Crippen molar-refractivity contribution >= 4 is 28.9 Å². The van der Waals surface area contributed by atoms with E-state index in [0.717, 1.165) is 11.1 Å². The SMILES string of the molecule is CCOc1ccc(NC(=O)c2cn[nH]c2N2C(=O)C(O)=C(c3ccccc3)C2c2ccc(C)cc2)cc1. The molecule has 186 valence electrons. The van der Waals surface area contributed by atoms with Crippen molar-refractivity contribution in [2.45, 2.75) is 19.9 Å². The van der Waals surface area contributed by atoms with Crippen LogP contribution in [0.5, 0.6) is 5.75 Å². The van der Waals surface area contributed by atoms with Crippen molar-refractivity contribution in [2.24, 2.45) is 0 Å². The molecule has 4 aromatic rings. The number of aliphatic hydroxyl groups excluding tert-OH is 1. The number of carbonyl (C=O) groups is 2. The van der Waals surface area contributed by atoms with Gasteiger partial charge < -0.3 is 15.2 Å². The van der Waals surface area contributed by atoms with Gasteiger partial charge in [0.05, 0.1) is 18.8 Å². The number of benzene rings is 3. The van der Waals surface area contributed by atoms with Gasteiger partial charge in [-0.2, -0.15) is 5.10 Å². The van der Waals surface area contributed by atoms with Crippen LogP contribution in [0.25, 0.3) is 5.57 Å². The first-order valence-corrected chi connectivity index (χ1v) is 11.9. The Balaban J connectivity index is 1.53. The van der Waals surface area contributed by atoms with E-state index in [-0.39, 0.29) is 17.1 Å². The minimum absolute atomic E-state index is 0.168. The van der Waals surface area contributed by atoms with Crippen LogP contribution in [0.15, 0.2) is 90.8 Å². The molecule has 0 saturated carbocycles. The molecule has 1 aliphatic heterocycles. The number of anilines is 2. The number of nitrogens with zero attached hydrogens (tertiary/aromatic N) is 2. The van der Waals surface area contributed by atoms with E-state index in [1.54, 1.807) is 24.3 Å². The van der Waals surface area contributed by atoms with Gasteiger partial charge in [0.25, 0.3) is 11.8 Å². The highest BCUT2D eigenvalue weighted by Gasteiger charge is 2.44. The van der Waals surface area contributed by atoms with Gasteiger partial charge >= 0.3 is 0 Å². The van der Waals surface area contributed by atoms with Gasteiger partial charge in [0.1, 0.15) is 17.1 Å². The summed E-state index contributed by atoms with van der Waals surface area (Å²) >= 11 is 0. The van der Waals surface area contributed by atoms with Crippen LogP contribution in [0.4, 0.5) is 11.5 Å². The molecule has 0 aliphatic carbocycles. The number of carbonyl (C=O) groups excluding carboxylic acids is 2. The summed E-state index contributed by atoms with van der Waals surface area (Å²) < 4.78 is 5.45. The Morgan fingerprint density at radius 2 is 1.76 bits per heavy atom. The lowest BCUT2D eigenvalue weighted by Crippen LogP contribution is -2.32. The third kappa shape index (κ3) is 4.56. The molecular weight excluding hydrogens is 468 g/mol. The number of hydrogen-bond acceptors (Lipinski definition) is 5. The largest absolute Gasteiger partial charge is 0.503 e. The smallest absolute Gasteiger partial charge is 0.295 e. The predicted octanol–water partition coefficient (Wildman–Crippen LogP) is 5.43. The Kier molecular flexibility index (Phi) is 6.47. The van der Waals surface area contributed by atoms with Crippen molar-refractivity contribution in [3.63, 3.8) is 0 Å². The van der Waals surface area contributed by atoms with Crippen molar-refractivity contribution in [1.82, 2.24) is 10.2 Å². The number of rotatable bonds is 7. The molecule has 8 nitrogen and oxygen atoms in total. The van der Waals surface area contributed by atoms with Crippen LogP contribution < -0.4 is 15.0 Å². The molecule has 5 rings (SSSR count). The van der Waals surface area contributed by atoms with Crippen LogP contribution in [0.2, 0.25) is 0 Å². The number of ether oxygens (including phenoxy) is 1. The van der Waals surface area contributed by atoms with Crippen molar-refractivity contribution in [2.75, 3.05) is 16.8 Å². The lowest BCUT2D eigenvalue weighted by atomic mass is 9.93. The van der Waals surface area contributed by atoms with Crippen LogP contribution in [-0.4, -0.2) is 33.7 Å². The summed E-state index contributed by atoms with van der Waals surface area (Å²) in [6, 6.07) is 23.3. The zero-order valence-corrected chi connectivity index (χ0v) is 20.4. The monoisotopic (exact) mass is 494 g/mol. The number of aromatic nitrogens is 2. The Morgan fingerprint density at radius 3 is 2.43 bits per heavy atom. The maximum absolute atomic E-state index is 13.5. The molecule has 1 unspecified atom stereocenters. The van der Waals surface area contributed by atoms with Gasteiger partial charge in [-0.3, -0.25) is 19.6 Å².